The zero-order valence-corrected chi connectivity index (χ0v) is 16.5. The average molecular weight is 398 g/mol. The molecule has 1 saturated heterocycles. The van der Waals surface area contributed by atoms with Gasteiger partial charge in [0.15, 0.2) is 0 Å². The quantitative estimate of drug-likeness (QED) is 0.862. The van der Waals surface area contributed by atoms with Gasteiger partial charge in [-0.3, -0.25) is 9.59 Å². The minimum atomic E-state index is -0.0840. The second-order valence-electron chi connectivity index (χ2n) is 7.25. The van der Waals surface area contributed by atoms with Gasteiger partial charge in [0.25, 0.3) is 0 Å². The normalized spacial score (nSPS) is 19.5. The van der Waals surface area contributed by atoms with Gasteiger partial charge in [0, 0.05) is 49.7 Å². The third-order valence-corrected chi connectivity index (χ3v) is 5.91. The monoisotopic (exact) mass is 397 g/mol. The molecule has 2 aromatic rings. The van der Waals surface area contributed by atoms with Crippen molar-refractivity contribution in [3.63, 3.8) is 0 Å². The molecule has 0 saturated carbocycles. The van der Waals surface area contributed by atoms with Crippen LogP contribution in [0.5, 0.6) is 0 Å². The lowest BCUT2D eigenvalue weighted by atomic mass is 10.0. The highest BCUT2D eigenvalue weighted by molar-refractivity contribution is 6.31. The molecular formula is C22H24ClN3O2. The van der Waals surface area contributed by atoms with Crippen LogP contribution in [-0.4, -0.2) is 42.9 Å². The van der Waals surface area contributed by atoms with Gasteiger partial charge in [0.05, 0.1) is 6.04 Å². The first kappa shape index (κ1) is 19.0. The number of piperazine rings is 1. The summed E-state index contributed by atoms with van der Waals surface area (Å²) in [5, 5.41) is 4.03. The molecule has 6 heteroatoms. The number of rotatable bonds is 4. The number of carbonyl (C=O) groups is 2. The van der Waals surface area contributed by atoms with Crippen LogP contribution in [0.1, 0.15) is 30.0 Å². The van der Waals surface area contributed by atoms with E-state index in [-0.39, 0.29) is 17.9 Å². The number of nitrogens with one attached hydrogen (secondary N) is 1. The van der Waals surface area contributed by atoms with E-state index < -0.39 is 0 Å². The largest absolute Gasteiger partial charge is 0.333 e. The molecule has 0 bridgehead atoms. The second-order valence-corrected chi connectivity index (χ2v) is 7.66. The molecule has 5 nitrogen and oxygen atoms in total. The van der Waals surface area contributed by atoms with Crippen LogP contribution in [0.15, 0.2) is 48.5 Å². The molecule has 2 amide bonds. The summed E-state index contributed by atoms with van der Waals surface area (Å²) in [5.41, 5.74) is 3.07. The third kappa shape index (κ3) is 3.77. The predicted molar refractivity (Wildman–Crippen MR) is 111 cm³/mol. The number of para-hydroxylation sites is 1. The number of carbonyl (C=O) groups excluding carboxylic acids is 2. The lowest BCUT2D eigenvalue weighted by Crippen LogP contribution is -2.49. The van der Waals surface area contributed by atoms with E-state index in [1.165, 1.54) is 5.56 Å². The summed E-state index contributed by atoms with van der Waals surface area (Å²) in [5.74, 6) is 0.150. The number of halogens is 1. The van der Waals surface area contributed by atoms with Crippen molar-refractivity contribution in [3.05, 3.63) is 64.7 Å². The number of nitrogens with zero attached hydrogens (tertiary/aromatic N) is 2. The van der Waals surface area contributed by atoms with Crippen LogP contribution in [0, 0.1) is 0 Å². The summed E-state index contributed by atoms with van der Waals surface area (Å²) in [6.07, 6.45) is 1.58. The molecule has 0 aromatic heterocycles. The maximum atomic E-state index is 13.1. The van der Waals surface area contributed by atoms with Gasteiger partial charge in [0.1, 0.15) is 0 Å². The van der Waals surface area contributed by atoms with Crippen molar-refractivity contribution in [3.8, 4) is 0 Å². The van der Waals surface area contributed by atoms with Crippen LogP contribution >= 0.6 is 11.6 Å². The van der Waals surface area contributed by atoms with E-state index in [0.29, 0.717) is 37.5 Å². The molecule has 1 N–H and O–H groups in total. The average Bonchev–Trinajstić information content (AvgIpc) is 2.73. The predicted octanol–water partition coefficient (Wildman–Crippen LogP) is 3.18. The van der Waals surface area contributed by atoms with Crippen LogP contribution in [-0.2, 0) is 16.0 Å². The van der Waals surface area contributed by atoms with Gasteiger partial charge >= 0.3 is 0 Å². The lowest BCUT2D eigenvalue weighted by molar-refractivity contribution is -0.134. The van der Waals surface area contributed by atoms with E-state index in [2.05, 4.69) is 11.4 Å². The van der Waals surface area contributed by atoms with E-state index in [0.717, 1.165) is 24.2 Å². The van der Waals surface area contributed by atoms with Gasteiger partial charge in [-0.05, 0) is 29.7 Å². The molecule has 0 radical (unpaired) electrons. The van der Waals surface area contributed by atoms with Crippen molar-refractivity contribution in [1.82, 2.24) is 10.2 Å². The summed E-state index contributed by atoms with van der Waals surface area (Å²) in [6, 6.07) is 15.6. The summed E-state index contributed by atoms with van der Waals surface area (Å²) in [6.45, 7) is 2.49. The number of hydrogen-bond acceptors (Lipinski definition) is 3. The summed E-state index contributed by atoms with van der Waals surface area (Å²) >= 11 is 6.38. The molecular weight excluding hydrogens is 374 g/mol. The van der Waals surface area contributed by atoms with Crippen molar-refractivity contribution in [2.24, 2.45) is 0 Å². The van der Waals surface area contributed by atoms with Crippen LogP contribution < -0.4 is 10.2 Å². The van der Waals surface area contributed by atoms with Crippen LogP contribution in [0.4, 0.5) is 5.69 Å². The molecule has 0 spiro atoms. The maximum Gasteiger partial charge on any atom is 0.227 e. The standard InChI is InChI=1S/C22H24ClN3O2/c23-18-7-3-2-6-17(18)20-15-24-12-14-26(20)22(28)11-13-25-19-8-4-1-5-16(19)9-10-21(25)27/h1-8,20,24H,9-15H2. The smallest absolute Gasteiger partial charge is 0.227 e. The Hall–Kier alpha value is -2.37. The van der Waals surface area contributed by atoms with Crippen LogP contribution in [0.2, 0.25) is 5.02 Å². The molecule has 2 aromatic carbocycles. The van der Waals surface area contributed by atoms with Crippen LogP contribution in [0.3, 0.4) is 0 Å². The first-order chi connectivity index (χ1) is 13.6. The molecule has 2 aliphatic heterocycles. The van der Waals surface area contributed by atoms with Crippen molar-refractivity contribution in [2.75, 3.05) is 31.1 Å². The zero-order chi connectivity index (χ0) is 19.5. The molecule has 0 aliphatic carbocycles. The molecule has 1 unspecified atom stereocenters. The third-order valence-electron chi connectivity index (χ3n) is 5.57. The van der Waals surface area contributed by atoms with Gasteiger partial charge < -0.3 is 15.1 Å². The maximum absolute atomic E-state index is 13.1. The van der Waals surface area contributed by atoms with Crippen molar-refractivity contribution in [1.29, 1.82) is 0 Å². The Balaban J connectivity index is 1.48. The first-order valence-electron chi connectivity index (χ1n) is 9.78. The molecule has 2 aliphatic rings. The van der Waals surface area contributed by atoms with E-state index in [1.807, 2.05) is 47.4 Å². The van der Waals surface area contributed by atoms with Crippen molar-refractivity contribution >= 4 is 29.1 Å². The lowest BCUT2D eigenvalue weighted by Gasteiger charge is -2.37. The van der Waals surface area contributed by atoms with Crippen molar-refractivity contribution in [2.45, 2.75) is 25.3 Å². The highest BCUT2D eigenvalue weighted by atomic mass is 35.5. The molecule has 146 valence electrons. The Labute approximate surface area is 170 Å². The number of benzene rings is 2. The highest BCUT2D eigenvalue weighted by Gasteiger charge is 2.30. The Morgan fingerprint density at radius 1 is 1.11 bits per heavy atom. The Bertz CT molecular complexity index is 886. The second kappa shape index (κ2) is 8.33. The fourth-order valence-corrected chi connectivity index (χ4v) is 4.38. The first-order valence-corrected chi connectivity index (χ1v) is 10.2. The number of fused-ring (bicyclic) bond motifs is 1. The fraction of sp³-hybridized carbons (Fsp3) is 0.364. The van der Waals surface area contributed by atoms with Crippen molar-refractivity contribution < 1.29 is 9.59 Å². The molecule has 1 atom stereocenters. The Morgan fingerprint density at radius 2 is 1.89 bits per heavy atom. The summed E-state index contributed by atoms with van der Waals surface area (Å²) < 4.78 is 0. The zero-order valence-electron chi connectivity index (χ0n) is 15.7. The van der Waals surface area contributed by atoms with Gasteiger partial charge in [-0.15, -0.1) is 0 Å². The van der Waals surface area contributed by atoms with E-state index in [1.54, 1.807) is 4.90 Å². The van der Waals surface area contributed by atoms with E-state index in [9.17, 15) is 9.59 Å². The molecule has 4 rings (SSSR count). The number of aryl methyl sites for hydroxylation is 1. The number of anilines is 1. The Morgan fingerprint density at radius 3 is 2.75 bits per heavy atom. The SMILES string of the molecule is O=C1CCc2ccccc2N1CCC(=O)N1CCNCC1c1ccccc1Cl. The summed E-state index contributed by atoms with van der Waals surface area (Å²) in [4.78, 5) is 29.2. The molecule has 2 heterocycles. The van der Waals surface area contributed by atoms with E-state index >= 15 is 0 Å². The fourth-order valence-electron chi connectivity index (χ4n) is 4.12. The van der Waals surface area contributed by atoms with E-state index in [4.69, 9.17) is 11.6 Å². The summed E-state index contributed by atoms with van der Waals surface area (Å²) in [7, 11) is 0. The van der Waals surface area contributed by atoms with Crippen LogP contribution in [0.25, 0.3) is 0 Å². The highest BCUT2D eigenvalue weighted by Crippen LogP contribution is 2.30. The number of hydrogen-bond donors (Lipinski definition) is 1. The Kier molecular flexibility index (Phi) is 5.64. The number of amides is 2. The van der Waals surface area contributed by atoms with Gasteiger partial charge in [0.2, 0.25) is 11.8 Å². The molecule has 1 fully saturated rings. The van der Waals surface area contributed by atoms with Gasteiger partial charge in [-0.1, -0.05) is 48.0 Å². The minimum Gasteiger partial charge on any atom is -0.333 e. The van der Waals surface area contributed by atoms with Gasteiger partial charge in [-0.25, -0.2) is 0 Å². The van der Waals surface area contributed by atoms with Gasteiger partial charge in [-0.2, -0.15) is 0 Å². The molecule has 28 heavy (non-hydrogen) atoms. The minimum absolute atomic E-state index is 0.0577. The topological polar surface area (TPSA) is 52.7 Å².